The van der Waals surface area contributed by atoms with E-state index in [0.717, 1.165) is 35.2 Å². The summed E-state index contributed by atoms with van der Waals surface area (Å²) in [4.78, 5) is 26.7. The SMILES string of the molecule is CCc1cccc(CC)c1N(CC(=O)Nc1cc(C)ccc1OC)C(C)=O. The molecule has 0 aliphatic carbocycles. The fraction of sp³-hybridized carbons (Fsp3) is 0.364. The van der Waals surface area contributed by atoms with Crippen LogP contribution in [-0.4, -0.2) is 25.5 Å². The Labute approximate surface area is 161 Å². The maximum Gasteiger partial charge on any atom is 0.244 e. The lowest BCUT2D eigenvalue weighted by molar-refractivity contribution is -0.120. The lowest BCUT2D eigenvalue weighted by Crippen LogP contribution is -2.38. The number of hydrogen-bond donors (Lipinski definition) is 1. The van der Waals surface area contributed by atoms with E-state index >= 15 is 0 Å². The van der Waals surface area contributed by atoms with Gasteiger partial charge in [-0.3, -0.25) is 9.59 Å². The van der Waals surface area contributed by atoms with Crippen molar-refractivity contribution in [2.45, 2.75) is 40.5 Å². The molecule has 2 aromatic carbocycles. The van der Waals surface area contributed by atoms with Crippen LogP contribution in [-0.2, 0) is 22.4 Å². The molecule has 2 aromatic rings. The number of amides is 2. The molecule has 0 aromatic heterocycles. The van der Waals surface area contributed by atoms with Crippen molar-refractivity contribution in [2.24, 2.45) is 0 Å². The van der Waals surface area contributed by atoms with Crippen LogP contribution in [0.5, 0.6) is 5.75 Å². The van der Waals surface area contributed by atoms with Crippen molar-refractivity contribution in [1.82, 2.24) is 0 Å². The number of hydrogen-bond acceptors (Lipinski definition) is 3. The topological polar surface area (TPSA) is 58.6 Å². The van der Waals surface area contributed by atoms with Gasteiger partial charge in [-0.15, -0.1) is 0 Å². The van der Waals surface area contributed by atoms with E-state index in [1.54, 1.807) is 12.0 Å². The van der Waals surface area contributed by atoms with Crippen LogP contribution in [0.3, 0.4) is 0 Å². The van der Waals surface area contributed by atoms with E-state index in [0.29, 0.717) is 11.4 Å². The summed E-state index contributed by atoms with van der Waals surface area (Å²) in [6.45, 7) is 7.49. The molecule has 0 spiro atoms. The van der Waals surface area contributed by atoms with E-state index in [1.807, 2.05) is 57.2 Å². The molecule has 5 nitrogen and oxygen atoms in total. The number of methoxy groups -OCH3 is 1. The highest BCUT2D eigenvalue weighted by molar-refractivity contribution is 6.03. The first kappa shape index (κ1) is 20.5. The van der Waals surface area contributed by atoms with Crippen molar-refractivity contribution in [2.75, 3.05) is 23.9 Å². The Morgan fingerprint density at radius 3 is 2.22 bits per heavy atom. The third-order valence-electron chi connectivity index (χ3n) is 4.55. The Kier molecular flexibility index (Phi) is 6.99. The van der Waals surface area contributed by atoms with Gasteiger partial charge in [0.05, 0.1) is 18.5 Å². The summed E-state index contributed by atoms with van der Waals surface area (Å²) in [5.41, 5.74) is 4.59. The number of ether oxygens (including phenoxy) is 1. The minimum atomic E-state index is -0.262. The van der Waals surface area contributed by atoms with E-state index in [4.69, 9.17) is 4.74 Å². The molecule has 27 heavy (non-hydrogen) atoms. The molecule has 0 saturated heterocycles. The largest absolute Gasteiger partial charge is 0.495 e. The van der Waals surface area contributed by atoms with Crippen molar-refractivity contribution in [1.29, 1.82) is 0 Å². The normalized spacial score (nSPS) is 10.4. The molecule has 0 fully saturated rings. The van der Waals surface area contributed by atoms with Crippen LogP contribution in [0.25, 0.3) is 0 Å². The minimum absolute atomic E-state index is 0.0452. The molecule has 2 rings (SSSR count). The molecule has 144 valence electrons. The lowest BCUT2D eigenvalue weighted by Gasteiger charge is -2.26. The molecule has 2 amide bonds. The summed E-state index contributed by atoms with van der Waals surface area (Å²) in [6, 6.07) is 11.6. The van der Waals surface area contributed by atoms with E-state index in [9.17, 15) is 9.59 Å². The van der Waals surface area contributed by atoms with E-state index in [2.05, 4.69) is 5.32 Å². The summed E-state index contributed by atoms with van der Waals surface area (Å²) < 4.78 is 5.32. The zero-order valence-electron chi connectivity index (χ0n) is 16.8. The van der Waals surface area contributed by atoms with Crippen molar-refractivity contribution in [3.05, 3.63) is 53.1 Å². The van der Waals surface area contributed by atoms with Gasteiger partial charge in [0.1, 0.15) is 12.3 Å². The zero-order valence-corrected chi connectivity index (χ0v) is 16.8. The lowest BCUT2D eigenvalue weighted by atomic mass is 10.0. The first-order valence-electron chi connectivity index (χ1n) is 9.24. The van der Waals surface area contributed by atoms with Gasteiger partial charge in [-0.2, -0.15) is 0 Å². The average Bonchev–Trinajstić information content (AvgIpc) is 2.65. The molecule has 0 aliphatic heterocycles. The Morgan fingerprint density at radius 1 is 1.07 bits per heavy atom. The second kappa shape index (κ2) is 9.21. The molecule has 5 heteroatoms. The number of para-hydroxylation sites is 1. The first-order valence-corrected chi connectivity index (χ1v) is 9.24. The van der Waals surface area contributed by atoms with Gasteiger partial charge < -0.3 is 15.0 Å². The van der Waals surface area contributed by atoms with Gasteiger partial charge in [-0.25, -0.2) is 0 Å². The van der Waals surface area contributed by atoms with Gasteiger partial charge in [0.2, 0.25) is 11.8 Å². The van der Waals surface area contributed by atoms with E-state index in [1.165, 1.54) is 6.92 Å². The third kappa shape index (κ3) is 4.88. The second-order valence-electron chi connectivity index (χ2n) is 6.49. The highest BCUT2D eigenvalue weighted by Gasteiger charge is 2.21. The number of aryl methyl sites for hydroxylation is 3. The summed E-state index contributed by atoms with van der Waals surface area (Å²) >= 11 is 0. The van der Waals surface area contributed by atoms with Crippen molar-refractivity contribution in [3.63, 3.8) is 0 Å². The number of nitrogens with one attached hydrogen (secondary N) is 1. The van der Waals surface area contributed by atoms with Gasteiger partial charge in [0.15, 0.2) is 0 Å². The Morgan fingerprint density at radius 2 is 1.70 bits per heavy atom. The fourth-order valence-electron chi connectivity index (χ4n) is 3.16. The molecular formula is C22H28N2O3. The highest BCUT2D eigenvalue weighted by atomic mass is 16.5. The summed E-state index contributed by atoms with van der Waals surface area (Å²) in [6.07, 6.45) is 1.58. The maximum atomic E-state index is 12.7. The molecule has 0 aliphatic rings. The molecule has 0 radical (unpaired) electrons. The molecule has 0 unspecified atom stereocenters. The number of anilines is 2. The molecule has 0 bridgehead atoms. The minimum Gasteiger partial charge on any atom is -0.495 e. The van der Waals surface area contributed by atoms with Crippen molar-refractivity contribution >= 4 is 23.2 Å². The number of nitrogens with zero attached hydrogens (tertiary/aromatic N) is 1. The molecule has 0 saturated carbocycles. The van der Waals surface area contributed by atoms with Crippen LogP contribution < -0.4 is 15.0 Å². The summed E-state index contributed by atoms with van der Waals surface area (Å²) in [5, 5.41) is 2.87. The van der Waals surface area contributed by atoms with E-state index in [-0.39, 0.29) is 18.4 Å². The predicted molar refractivity (Wildman–Crippen MR) is 110 cm³/mol. The monoisotopic (exact) mass is 368 g/mol. The Balaban J connectivity index is 2.32. The first-order chi connectivity index (χ1) is 12.9. The van der Waals surface area contributed by atoms with Gasteiger partial charge in [-0.05, 0) is 48.6 Å². The van der Waals surface area contributed by atoms with Crippen LogP contribution in [0, 0.1) is 6.92 Å². The van der Waals surface area contributed by atoms with Crippen LogP contribution in [0.4, 0.5) is 11.4 Å². The molecule has 0 atom stereocenters. The predicted octanol–water partition coefficient (Wildman–Crippen LogP) is 4.12. The van der Waals surface area contributed by atoms with Gasteiger partial charge >= 0.3 is 0 Å². The standard InChI is InChI=1S/C22H28N2O3/c1-6-17-9-8-10-18(7-2)22(17)24(16(4)25)14-21(26)23-19-13-15(3)11-12-20(19)27-5/h8-13H,6-7,14H2,1-5H3,(H,23,26). The van der Waals surface area contributed by atoms with Gasteiger partial charge in [-0.1, -0.05) is 38.1 Å². The number of carbonyl (C=O) groups is 2. The average molecular weight is 368 g/mol. The Hall–Kier alpha value is -2.82. The number of benzene rings is 2. The smallest absolute Gasteiger partial charge is 0.244 e. The third-order valence-corrected chi connectivity index (χ3v) is 4.55. The summed E-state index contributed by atoms with van der Waals surface area (Å²) in [5.74, 6) is 0.172. The van der Waals surface area contributed by atoms with Gasteiger partial charge in [0, 0.05) is 6.92 Å². The summed E-state index contributed by atoms with van der Waals surface area (Å²) in [7, 11) is 1.56. The molecule has 0 heterocycles. The Bertz CT molecular complexity index is 808. The van der Waals surface area contributed by atoms with Gasteiger partial charge in [0.25, 0.3) is 0 Å². The van der Waals surface area contributed by atoms with Crippen molar-refractivity contribution in [3.8, 4) is 5.75 Å². The van der Waals surface area contributed by atoms with Crippen LogP contribution in [0.1, 0.15) is 37.5 Å². The number of carbonyl (C=O) groups excluding carboxylic acids is 2. The highest BCUT2D eigenvalue weighted by Crippen LogP contribution is 2.28. The molecular weight excluding hydrogens is 340 g/mol. The van der Waals surface area contributed by atoms with Crippen molar-refractivity contribution < 1.29 is 14.3 Å². The molecule has 1 N–H and O–H groups in total. The van der Waals surface area contributed by atoms with Crippen LogP contribution >= 0.6 is 0 Å². The quantitative estimate of drug-likeness (QED) is 0.800. The van der Waals surface area contributed by atoms with E-state index < -0.39 is 0 Å². The zero-order chi connectivity index (χ0) is 20.0. The van der Waals surface area contributed by atoms with Crippen LogP contribution in [0.2, 0.25) is 0 Å². The second-order valence-corrected chi connectivity index (χ2v) is 6.49. The van der Waals surface area contributed by atoms with Crippen LogP contribution in [0.15, 0.2) is 36.4 Å². The maximum absolute atomic E-state index is 12.7. The fourth-order valence-corrected chi connectivity index (χ4v) is 3.16. The number of rotatable bonds is 7.